The van der Waals surface area contributed by atoms with Crippen molar-refractivity contribution in [2.75, 3.05) is 24.9 Å². The molecular weight excluding hydrogens is 350 g/mol. The van der Waals surface area contributed by atoms with E-state index < -0.39 is 0 Å². The lowest BCUT2D eigenvalue weighted by Gasteiger charge is -2.27. The third-order valence-corrected chi connectivity index (χ3v) is 4.34. The molecule has 2 rings (SSSR count). The highest BCUT2D eigenvalue weighted by atomic mass is 79.9. The Labute approximate surface area is 141 Å². The van der Waals surface area contributed by atoms with Gasteiger partial charge in [0.2, 0.25) is 0 Å². The maximum atomic E-state index is 12.6. The second kappa shape index (κ2) is 8.81. The highest BCUT2D eigenvalue weighted by molar-refractivity contribution is 7.96. The molecule has 1 aliphatic rings. The van der Waals surface area contributed by atoms with E-state index in [0.29, 0.717) is 12.4 Å². The monoisotopic (exact) mass is 373 g/mol. The van der Waals surface area contributed by atoms with E-state index in [1.165, 1.54) is 5.56 Å². The Morgan fingerprint density at radius 2 is 2.00 bits per heavy atom. The first-order valence-corrected chi connectivity index (χ1v) is 9.36. The van der Waals surface area contributed by atoms with Gasteiger partial charge in [-0.25, -0.2) is 0 Å². The van der Waals surface area contributed by atoms with Gasteiger partial charge in [0.15, 0.2) is 5.75 Å². The fraction of sp³-hybridized carbons (Fsp3) is 0.562. The summed E-state index contributed by atoms with van der Waals surface area (Å²) in [5.41, 5.74) is 1.17. The van der Waals surface area contributed by atoms with Crippen molar-refractivity contribution < 1.29 is 26.5 Å². The van der Waals surface area contributed by atoms with E-state index in [0.717, 1.165) is 12.8 Å². The van der Waals surface area contributed by atoms with Crippen LogP contribution in [0.5, 0.6) is 0 Å². The molecule has 1 amide bonds. The van der Waals surface area contributed by atoms with Crippen molar-refractivity contribution in [2.24, 2.45) is 0 Å². The first kappa shape index (κ1) is 18.5. The van der Waals surface area contributed by atoms with E-state index in [1.807, 2.05) is 23.1 Å². The highest BCUT2D eigenvalue weighted by Crippen LogP contribution is 2.32. The van der Waals surface area contributed by atoms with Gasteiger partial charge >= 0.3 is 0 Å². The van der Waals surface area contributed by atoms with Crippen LogP contribution in [-0.4, -0.2) is 41.9 Å². The molecule has 3 nitrogen and oxygen atoms in total. The Balaban J connectivity index is 0.00000220. The number of hydrogen-bond acceptors (Lipinski definition) is 2. The van der Waals surface area contributed by atoms with Gasteiger partial charge in [0.1, 0.15) is 6.23 Å². The van der Waals surface area contributed by atoms with Crippen LogP contribution in [-0.2, 0) is 20.4 Å². The second-order valence-corrected chi connectivity index (χ2v) is 7.69. The van der Waals surface area contributed by atoms with Crippen molar-refractivity contribution >= 4 is 16.8 Å². The fourth-order valence-corrected chi connectivity index (χ4v) is 3.26. The standard InChI is InChI=1S/C16H24NO2S.BrH/c1-4-8-16-17(15(18)12-20(2)3)14(11-19-16)13-9-6-5-7-10-13;/h5-7,9-10,14,16H,4,8,11-12H2,1-3H3;1H/q+1;/p-1/t14-,16-;/m1./s1. The Kier molecular flexibility index (Phi) is 7.77. The largest absolute Gasteiger partial charge is 1.00 e. The molecule has 0 N–H and O–H groups in total. The molecule has 0 unspecified atom stereocenters. The molecule has 118 valence electrons. The molecule has 2 atom stereocenters. The van der Waals surface area contributed by atoms with Gasteiger partial charge in [0, 0.05) is 0 Å². The Hall–Kier alpha value is -0.520. The van der Waals surface area contributed by atoms with Gasteiger partial charge in [-0.2, -0.15) is 0 Å². The molecule has 1 aliphatic heterocycles. The predicted molar refractivity (Wildman–Crippen MR) is 84.8 cm³/mol. The summed E-state index contributed by atoms with van der Waals surface area (Å²) in [6.45, 7) is 2.74. The Morgan fingerprint density at radius 1 is 1.33 bits per heavy atom. The number of nitrogens with zero attached hydrogens (tertiary/aromatic N) is 1. The van der Waals surface area contributed by atoms with Crippen LogP contribution < -0.4 is 17.0 Å². The van der Waals surface area contributed by atoms with E-state index >= 15 is 0 Å². The first-order valence-electron chi connectivity index (χ1n) is 7.15. The number of carbonyl (C=O) groups is 1. The average Bonchev–Trinajstić information content (AvgIpc) is 2.83. The molecule has 21 heavy (non-hydrogen) atoms. The number of hydrogen-bond donors (Lipinski definition) is 0. The minimum Gasteiger partial charge on any atom is -1.00 e. The smallest absolute Gasteiger partial charge is 0.275 e. The molecule has 1 saturated heterocycles. The van der Waals surface area contributed by atoms with Crippen molar-refractivity contribution in [2.45, 2.75) is 32.0 Å². The second-order valence-electron chi connectivity index (χ2n) is 5.43. The maximum absolute atomic E-state index is 12.6. The molecule has 0 bridgehead atoms. The normalized spacial score (nSPS) is 21.4. The minimum atomic E-state index is -0.0544. The van der Waals surface area contributed by atoms with Gasteiger partial charge in [-0.1, -0.05) is 43.7 Å². The van der Waals surface area contributed by atoms with Gasteiger partial charge in [0.05, 0.1) is 25.2 Å². The van der Waals surface area contributed by atoms with Crippen molar-refractivity contribution in [3.63, 3.8) is 0 Å². The number of amides is 1. The molecule has 1 heterocycles. The quantitative estimate of drug-likeness (QED) is 0.657. The summed E-state index contributed by atoms with van der Waals surface area (Å²) in [6, 6.07) is 10.3. The summed E-state index contributed by atoms with van der Waals surface area (Å²) < 4.78 is 5.88. The lowest BCUT2D eigenvalue weighted by atomic mass is 10.1. The predicted octanol–water partition coefficient (Wildman–Crippen LogP) is -0.405. The SMILES string of the molecule is CCC[C@H]1OC[C@H](c2ccccc2)N1C(=O)C[S+](C)C.[Br-]. The van der Waals surface area contributed by atoms with Crippen molar-refractivity contribution in [1.29, 1.82) is 0 Å². The van der Waals surface area contributed by atoms with Crippen LogP contribution in [0, 0.1) is 0 Å². The summed E-state index contributed by atoms with van der Waals surface area (Å²) in [5.74, 6) is 0.843. The van der Waals surface area contributed by atoms with E-state index in [1.54, 1.807) is 0 Å². The van der Waals surface area contributed by atoms with Crippen LogP contribution in [0.1, 0.15) is 31.4 Å². The summed E-state index contributed by atoms with van der Waals surface area (Å²) >= 11 is 0. The topological polar surface area (TPSA) is 29.5 Å². The third kappa shape index (κ3) is 4.73. The van der Waals surface area contributed by atoms with Crippen molar-refractivity contribution in [3.05, 3.63) is 35.9 Å². The van der Waals surface area contributed by atoms with Crippen LogP contribution in [0.15, 0.2) is 30.3 Å². The summed E-state index contributed by atoms with van der Waals surface area (Å²) in [6.07, 6.45) is 6.11. The number of carbonyl (C=O) groups excluding carboxylic acids is 1. The zero-order valence-corrected chi connectivity index (χ0v) is 15.3. The average molecular weight is 374 g/mol. The van der Waals surface area contributed by atoms with Crippen molar-refractivity contribution in [3.8, 4) is 0 Å². The van der Waals surface area contributed by atoms with Gasteiger partial charge < -0.3 is 26.6 Å². The molecule has 1 aromatic rings. The van der Waals surface area contributed by atoms with Crippen LogP contribution in [0.25, 0.3) is 0 Å². The molecular formula is C16H24BrNO2S. The highest BCUT2D eigenvalue weighted by Gasteiger charge is 2.39. The molecule has 0 spiro atoms. The van der Waals surface area contributed by atoms with E-state index in [2.05, 4.69) is 31.6 Å². The zero-order valence-electron chi connectivity index (χ0n) is 12.9. The first-order chi connectivity index (χ1) is 9.63. The van der Waals surface area contributed by atoms with Gasteiger partial charge in [-0.3, -0.25) is 4.79 Å². The zero-order chi connectivity index (χ0) is 14.5. The van der Waals surface area contributed by atoms with Gasteiger partial charge in [-0.05, 0) is 22.9 Å². The van der Waals surface area contributed by atoms with Crippen LogP contribution in [0.3, 0.4) is 0 Å². The lowest BCUT2D eigenvalue weighted by Crippen LogP contribution is -3.00. The summed E-state index contributed by atoms with van der Waals surface area (Å²) in [4.78, 5) is 14.6. The molecule has 0 radical (unpaired) electrons. The third-order valence-electron chi connectivity index (χ3n) is 3.51. The van der Waals surface area contributed by atoms with Crippen molar-refractivity contribution in [1.82, 2.24) is 4.90 Å². The minimum absolute atomic E-state index is 0. The Morgan fingerprint density at radius 3 is 2.57 bits per heavy atom. The number of ether oxygens (including phenoxy) is 1. The lowest BCUT2D eigenvalue weighted by molar-refractivity contribution is -0.135. The van der Waals surface area contributed by atoms with Crippen LogP contribution in [0.2, 0.25) is 0 Å². The van der Waals surface area contributed by atoms with Crippen LogP contribution >= 0.6 is 0 Å². The molecule has 0 saturated carbocycles. The van der Waals surface area contributed by atoms with Gasteiger partial charge in [0.25, 0.3) is 5.91 Å². The van der Waals surface area contributed by atoms with E-state index in [9.17, 15) is 4.79 Å². The number of rotatable bonds is 5. The van der Waals surface area contributed by atoms with Crippen LogP contribution in [0.4, 0.5) is 0 Å². The van der Waals surface area contributed by atoms with E-state index in [4.69, 9.17) is 4.74 Å². The molecule has 0 aliphatic carbocycles. The number of halogens is 1. The summed E-state index contributed by atoms with van der Waals surface area (Å²) in [7, 11) is 0.121. The summed E-state index contributed by atoms with van der Waals surface area (Å²) in [5, 5.41) is 0. The molecule has 1 fully saturated rings. The Bertz CT molecular complexity index is 441. The molecule has 5 heteroatoms. The number of benzene rings is 1. The van der Waals surface area contributed by atoms with Gasteiger partial charge in [-0.15, -0.1) is 0 Å². The maximum Gasteiger partial charge on any atom is 0.275 e. The van der Waals surface area contributed by atoms with E-state index in [-0.39, 0.29) is 46.1 Å². The molecule has 0 aromatic heterocycles. The molecule has 1 aromatic carbocycles. The fourth-order valence-electron chi connectivity index (χ4n) is 2.62.